The number of carboxylic acid groups (broad SMARTS) is 1. The molecule has 0 radical (unpaired) electrons. The minimum Gasteiger partial charge on any atom is -0.478 e. The minimum atomic E-state index is -1.05. The summed E-state index contributed by atoms with van der Waals surface area (Å²) in [4.78, 5) is 10.9. The van der Waals surface area contributed by atoms with Crippen molar-refractivity contribution in [3.8, 4) is 0 Å². The molecular weight excluding hydrogens is 250 g/mol. The number of aryl methyl sites for hydroxylation is 2. The Morgan fingerprint density at radius 3 is 2.79 bits per heavy atom. The van der Waals surface area contributed by atoms with Gasteiger partial charge in [-0.3, -0.25) is 0 Å². The summed E-state index contributed by atoms with van der Waals surface area (Å²) in [6.45, 7) is 5.92. The monoisotopic (exact) mass is 265 g/mol. The maximum absolute atomic E-state index is 10.9. The van der Waals surface area contributed by atoms with Crippen molar-refractivity contribution in [2.24, 2.45) is 0 Å². The Hall–Kier alpha value is -2.15. The summed E-state index contributed by atoms with van der Waals surface area (Å²) in [6, 6.07) is -0.0296. The number of hydrogen-bond donors (Lipinski definition) is 2. The van der Waals surface area contributed by atoms with Crippen molar-refractivity contribution in [2.45, 2.75) is 33.4 Å². The van der Waals surface area contributed by atoms with Crippen LogP contribution >= 0.6 is 0 Å². The summed E-state index contributed by atoms with van der Waals surface area (Å²) in [5.74, 6) is -0.0114. The highest BCUT2D eigenvalue weighted by Gasteiger charge is 2.19. The van der Waals surface area contributed by atoms with Crippen LogP contribution in [0.15, 0.2) is 15.2 Å². The fraction of sp³-hybridized carbons (Fsp3) is 0.417. The van der Waals surface area contributed by atoms with Crippen LogP contribution < -0.4 is 5.32 Å². The van der Waals surface area contributed by atoms with Crippen LogP contribution in [-0.4, -0.2) is 21.4 Å². The Kier molecular flexibility index (Phi) is 3.66. The molecule has 2 aromatic rings. The van der Waals surface area contributed by atoms with Crippen molar-refractivity contribution in [3.05, 3.63) is 34.5 Å². The molecule has 7 heteroatoms. The van der Waals surface area contributed by atoms with Crippen LogP contribution in [0.1, 0.15) is 46.1 Å². The van der Waals surface area contributed by atoms with Crippen LogP contribution in [0.25, 0.3) is 0 Å². The Labute approximate surface area is 109 Å². The summed E-state index contributed by atoms with van der Waals surface area (Å²) in [6.07, 6.45) is 1.19. The SMILES string of the molecule is Cc1noc(C)c1C(C)NCc1oncc1C(=O)O. The molecule has 2 rings (SSSR count). The van der Waals surface area contributed by atoms with Gasteiger partial charge in [-0.25, -0.2) is 4.79 Å². The van der Waals surface area contributed by atoms with Crippen molar-refractivity contribution >= 4 is 5.97 Å². The van der Waals surface area contributed by atoms with E-state index in [1.165, 1.54) is 6.20 Å². The molecule has 1 atom stereocenters. The van der Waals surface area contributed by atoms with Crippen LogP contribution in [0.5, 0.6) is 0 Å². The second-order valence-corrected chi connectivity index (χ2v) is 4.31. The third kappa shape index (κ3) is 2.65. The summed E-state index contributed by atoms with van der Waals surface area (Å²) in [5, 5.41) is 19.5. The molecule has 0 saturated heterocycles. The fourth-order valence-electron chi connectivity index (χ4n) is 2.02. The van der Waals surface area contributed by atoms with Gasteiger partial charge in [0.15, 0.2) is 5.76 Å². The van der Waals surface area contributed by atoms with E-state index in [0.717, 1.165) is 17.0 Å². The smallest absolute Gasteiger partial charge is 0.341 e. The van der Waals surface area contributed by atoms with Crippen molar-refractivity contribution in [1.29, 1.82) is 0 Å². The largest absolute Gasteiger partial charge is 0.478 e. The molecule has 0 saturated carbocycles. The van der Waals surface area contributed by atoms with Gasteiger partial charge in [0.25, 0.3) is 0 Å². The van der Waals surface area contributed by atoms with Gasteiger partial charge in [-0.1, -0.05) is 10.3 Å². The van der Waals surface area contributed by atoms with Crippen LogP contribution in [0.3, 0.4) is 0 Å². The Morgan fingerprint density at radius 1 is 1.47 bits per heavy atom. The zero-order valence-electron chi connectivity index (χ0n) is 10.9. The average Bonchev–Trinajstić information content (AvgIpc) is 2.93. The first kappa shape index (κ1) is 13.3. The van der Waals surface area contributed by atoms with Gasteiger partial charge in [0, 0.05) is 11.6 Å². The molecule has 0 spiro atoms. The standard InChI is InChI=1S/C12H15N3O4/c1-6(11-7(2)15-18-8(11)3)13-5-10-9(12(16)17)4-14-19-10/h4,6,13H,5H2,1-3H3,(H,16,17). The van der Waals surface area contributed by atoms with Gasteiger partial charge < -0.3 is 19.5 Å². The zero-order valence-corrected chi connectivity index (χ0v) is 10.9. The van der Waals surface area contributed by atoms with E-state index in [-0.39, 0.29) is 18.2 Å². The number of rotatable bonds is 5. The van der Waals surface area contributed by atoms with E-state index < -0.39 is 5.97 Å². The molecule has 0 aliphatic carbocycles. The highest BCUT2D eigenvalue weighted by Crippen LogP contribution is 2.21. The number of carboxylic acids is 1. The third-order valence-electron chi connectivity index (χ3n) is 2.97. The first-order valence-corrected chi connectivity index (χ1v) is 5.83. The quantitative estimate of drug-likeness (QED) is 0.850. The lowest BCUT2D eigenvalue weighted by atomic mass is 10.1. The fourth-order valence-corrected chi connectivity index (χ4v) is 2.02. The molecule has 7 nitrogen and oxygen atoms in total. The zero-order chi connectivity index (χ0) is 14.0. The normalized spacial score (nSPS) is 12.6. The molecule has 0 aromatic carbocycles. The maximum Gasteiger partial charge on any atom is 0.341 e. The van der Waals surface area contributed by atoms with Gasteiger partial charge in [-0.15, -0.1) is 0 Å². The number of hydrogen-bond acceptors (Lipinski definition) is 6. The van der Waals surface area contributed by atoms with Crippen LogP contribution in [0.4, 0.5) is 0 Å². The molecule has 0 amide bonds. The van der Waals surface area contributed by atoms with Crippen LogP contribution in [0.2, 0.25) is 0 Å². The number of nitrogens with one attached hydrogen (secondary N) is 1. The Balaban J connectivity index is 2.07. The first-order chi connectivity index (χ1) is 9.00. The van der Waals surface area contributed by atoms with Crippen LogP contribution in [0, 0.1) is 13.8 Å². The first-order valence-electron chi connectivity index (χ1n) is 5.83. The number of aromatic carboxylic acids is 1. The maximum atomic E-state index is 10.9. The number of nitrogens with zero attached hydrogens (tertiary/aromatic N) is 2. The predicted octanol–water partition coefficient (Wildman–Crippen LogP) is 1.83. The van der Waals surface area contributed by atoms with Gasteiger partial charge >= 0.3 is 5.97 Å². The van der Waals surface area contributed by atoms with E-state index in [1.807, 2.05) is 20.8 Å². The molecular formula is C12H15N3O4. The lowest BCUT2D eigenvalue weighted by Gasteiger charge is -2.12. The molecule has 1 unspecified atom stereocenters. The highest BCUT2D eigenvalue weighted by molar-refractivity contribution is 5.88. The summed E-state index contributed by atoms with van der Waals surface area (Å²) >= 11 is 0. The van der Waals surface area contributed by atoms with E-state index in [1.54, 1.807) is 0 Å². The molecule has 2 aromatic heterocycles. The van der Waals surface area contributed by atoms with E-state index in [0.29, 0.717) is 5.76 Å². The predicted molar refractivity (Wildman–Crippen MR) is 64.7 cm³/mol. The van der Waals surface area contributed by atoms with Crippen LogP contribution in [-0.2, 0) is 6.54 Å². The highest BCUT2D eigenvalue weighted by atomic mass is 16.5. The minimum absolute atomic E-state index is 0.0296. The molecule has 102 valence electrons. The van der Waals surface area contributed by atoms with Crippen molar-refractivity contribution in [3.63, 3.8) is 0 Å². The molecule has 0 aliphatic heterocycles. The summed E-state index contributed by atoms with van der Waals surface area (Å²) < 4.78 is 10.0. The lowest BCUT2D eigenvalue weighted by molar-refractivity contribution is 0.0694. The van der Waals surface area contributed by atoms with Gasteiger partial charge in [-0.05, 0) is 20.8 Å². The third-order valence-corrected chi connectivity index (χ3v) is 2.97. The van der Waals surface area contributed by atoms with Gasteiger partial charge in [0.05, 0.1) is 18.4 Å². The molecule has 0 aliphatic rings. The average molecular weight is 265 g/mol. The number of aromatic nitrogens is 2. The second kappa shape index (κ2) is 5.23. The van der Waals surface area contributed by atoms with Crippen molar-refractivity contribution in [2.75, 3.05) is 0 Å². The van der Waals surface area contributed by atoms with Gasteiger partial charge in [0.1, 0.15) is 11.3 Å². The molecule has 19 heavy (non-hydrogen) atoms. The topological polar surface area (TPSA) is 101 Å². The summed E-state index contributed by atoms with van der Waals surface area (Å²) in [5.41, 5.74) is 1.85. The second-order valence-electron chi connectivity index (χ2n) is 4.31. The van der Waals surface area contributed by atoms with Gasteiger partial charge in [0.2, 0.25) is 0 Å². The van der Waals surface area contributed by atoms with E-state index in [2.05, 4.69) is 15.6 Å². The molecule has 2 heterocycles. The van der Waals surface area contributed by atoms with Crippen molar-refractivity contribution in [1.82, 2.24) is 15.6 Å². The Bertz CT molecular complexity index is 568. The van der Waals surface area contributed by atoms with Gasteiger partial charge in [-0.2, -0.15) is 0 Å². The van der Waals surface area contributed by atoms with E-state index >= 15 is 0 Å². The molecule has 0 fully saturated rings. The van der Waals surface area contributed by atoms with Crippen molar-refractivity contribution < 1.29 is 18.9 Å². The van der Waals surface area contributed by atoms with E-state index in [9.17, 15) is 4.79 Å². The molecule has 2 N–H and O–H groups in total. The number of carbonyl (C=O) groups is 1. The molecule has 0 bridgehead atoms. The summed E-state index contributed by atoms with van der Waals surface area (Å²) in [7, 11) is 0. The lowest BCUT2D eigenvalue weighted by Crippen LogP contribution is -2.20. The Morgan fingerprint density at radius 2 is 2.21 bits per heavy atom. The van der Waals surface area contributed by atoms with E-state index in [4.69, 9.17) is 14.2 Å².